The number of anilines is 1. The van der Waals surface area contributed by atoms with Crippen LogP contribution in [-0.4, -0.2) is 32.0 Å². The van der Waals surface area contributed by atoms with E-state index in [1.807, 2.05) is 0 Å². The zero-order valence-corrected chi connectivity index (χ0v) is 11.1. The lowest BCUT2D eigenvalue weighted by molar-refractivity contribution is 0.102. The fourth-order valence-corrected chi connectivity index (χ4v) is 1.74. The molecule has 2 rings (SSSR count). The van der Waals surface area contributed by atoms with Crippen LogP contribution in [0.15, 0.2) is 18.6 Å². The van der Waals surface area contributed by atoms with E-state index in [4.69, 9.17) is 17.3 Å². The van der Waals surface area contributed by atoms with Gasteiger partial charge in [0, 0.05) is 25.0 Å². The molecule has 0 aliphatic rings. The molecule has 0 atom stereocenters. The normalized spacial score (nSPS) is 10.5. The van der Waals surface area contributed by atoms with Crippen LogP contribution in [0.3, 0.4) is 0 Å². The number of halogens is 1. The van der Waals surface area contributed by atoms with E-state index in [0.29, 0.717) is 18.8 Å². The number of nitrogens with two attached hydrogens (primary N) is 1. The Kier molecular flexibility index (Phi) is 4.08. The van der Waals surface area contributed by atoms with E-state index in [-0.39, 0.29) is 16.8 Å². The molecule has 0 aliphatic heterocycles. The van der Waals surface area contributed by atoms with Crippen molar-refractivity contribution < 1.29 is 4.79 Å². The number of nitrogens with one attached hydrogen (secondary N) is 1. The molecule has 0 radical (unpaired) electrons. The minimum Gasteiger partial charge on any atom is -0.335 e. The predicted octanol–water partition coefficient (Wildman–Crippen LogP) is 0.846. The predicted molar refractivity (Wildman–Crippen MR) is 71.0 cm³/mol. The van der Waals surface area contributed by atoms with Gasteiger partial charge in [-0.1, -0.05) is 11.6 Å². The Hall–Kier alpha value is -1.99. The second kappa shape index (κ2) is 5.77. The standard InChI is InChI=1S/C11H13ClN6O/c1-7-4-9(12)16-11(15-7)17-10(19)8-5-18(3-2-13)6-14-8/h4-6H,2-3,13H2,1H3,(H,15,16,17,19). The number of hydrogen-bond acceptors (Lipinski definition) is 5. The summed E-state index contributed by atoms with van der Waals surface area (Å²) in [5.74, 6) is -0.235. The molecule has 100 valence electrons. The molecule has 0 saturated carbocycles. The second-order valence-corrected chi connectivity index (χ2v) is 4.28. The lowest BCUT2D eigenvalue weighted by Crippen LogP contribution is -2.15. The van der Waals surface area contributed by atoms with Crippen molar-refractivity contribution in [1.82, 2.24) is 19.5 Å². The minimum absolute atomic E-state index is 0.156. The fourth-order valence-electron chi connectivity index (χ4n) is 1.50. The average Bonchev–Trinajstić information content (AvgIpc) is 2.76. The number of carbonyl (C=O) groups is 1. The van der Waals surface area contributed by atoms with Gasteiger partial charge in [-0.3, -0.25) is 10.1 Å². The molecule has 8 heteroatoms. The molecule has 2 aromatic rings. The molecule has 0 aliphatic carbocycles. The van der Waals surface area contributed by atoms with Crippen molar-refractivity contribution in [2.24, 2.45) is 5.73 Å². The van der Waals surface area contributed by atoms with E-state index < -0.39 is 5.91 Å². The first-order valence-corrected chi connectivity index (χ1v) is 6.00. The summed E-state index contributed by atoms with van der Waals surface area (Å²) in [7, 11) is 0. The second-order valence-electron chi connectivity index (χ2n) is 3.90. The summed E-state index contributed by atoms with van der Waals surface area (Å²) in [5, 5.41) is 2.82. The highest BCUT2D eigenvalue weighted by atomic mass is 35.5. The Morgan fingerprint density at radius 1 is 1.53 bits per heavy atom. The van der Waals surface area contributed by atoms with Crippen LogP contribution in [-0.2, 0) is 6.54 Å². The molecule has 7 nitrogen and oxygen atoms in total. The molecule has 0 saturated heterocycles. The van der Waals surface area contributed by atoms with E-state index in [1.165, 1.54) is 0 Å². The van der Waals surface area contributed by atoms with Gasteiger partial charge in [0.05, 0.1) is 6.33 Å². The highest BCUT2D eigenvalue weighted by Crippen LogP contribution is 2.10. The van der Waals surface area contributed by atoms with E-state index in [0.717, 1.165) is 0 Å². The Bertz CT molecular complexity index is 576. The maximum Gasteiger partial charge on any atom is 0.278 e. The van der Waals surface area contributed by atoms with Gasteiger partial charge in [-0.2, -0.15) is 0 Å². The number of aryl methyl sites for hydroxylation is 1. The number of carbonyl (C=O) groups excluding carboxylic acids is 1. The van der Waals surface area contributed by atoms with Crippen LogP contribution in [0, 0.1) is 6.92 Å². The van der Waals surface area contributed by atoms with Crippen LogP contribution in [0.25, 0.3) is 0 Å². The van der Waals surface area contributed by atoms with Gasteiger partial charge in [-0.25, -0.2) is 15.0 Å². The number of imidazole rings is 1. The van der Waals surface area contributed by atoms with Crippen LogP contribution in [0.4, 0.5) is 5.95 Å². The van der Waals surface area contributed by atoms with Crippen LogP contribution in [0.5, 0.6) is 0 Å². The Morgan fingerprint density at radius 2 is 2.32 bits per heavy atom. The highest BCUT2D eigenvalue weighted by Gasteiger charge is 2.11. The molecule has 0 aromatic carbocycles. The molecule has 0 unspecified atom stereocenters. The number of amides is 1. The Morgan fingerprint density at radius 3 is 3.00 bits per heavy atom. The van der Waals surface area contributed by atoms with Crippen molar-refractivity contribution >= 4 is 23.5 Å². The number of hydrogen-bond donors (Lipinski definition) is 2. The Balaban J connectivity index is 2.11. The Labute approximate surface area is 114 Å². The average molecular weight is 281 g/mol. The van der Waals surface area contributed by atoms with Crippen molar-refractivity contribution in [2.75, 3.05) is 11.9 Å². The van der Waals surface area contributed by atoms with Crippen LogP contribution in [0.2, 0.25) is 5.15 Å². The summed E-state index contributed by atoms with van der Waals surface area (Å²) in [4.78, 5) is 23.9. The first-order chi connectivity index (χ1) is 9.08. The minimum atomic E-state index is -0.391. The van der Waals surface area contributed by atoms with Gasteiger partial charge in [0.1, 0.15) is 10.8 Å². The highest BCUT2D eigenvalue weighted by molar-refractivity contribution is 6.29. The van der Waals surface area contributed by atoms with E-state index in [9.17, 15) is 4.79 Å². The van der Waals surface area contributed by atoms with Gasteiger partial charge >= 0.3 is 0 Å². The first-order valence-electron chi connectivity index (χ1n) is 5.63. The molecule has 0 bridgehead atoms. The monoisotopic (exact) mass is 280 g/mol. The quantitative estimate of drug-likeness (QED) is 0.809. The molecule has 1 amide bonds. The van der Waals surface area contributed by atoms with Gasteiger partial charge in [0.2, 0.25) is 5.95 Å². The SMILES string of the molecule is Cc1cc(Cl)nc(NC(=O)c2cn(CCN)cn2)n1. The zero-order valence-electron chi connectivity index (χ0n) is 10.3. The van der Waals surface area contributed by atoms with E-state index in [1.54, 1.807) is 30.1 Å². The summed E-state index contributed by atoms with van der Waals surface area (Å²) in [6.45, 7) is 2.85. The molecule has 2 aromatic heterocycles. The van der Waals surface area contributed by atoms with Crippen LogP contribution < -0.4 is 11.1 Å². The van der Waals surface area contributed by atoms with Crippen LogP contribution >= 0.6 is 11.6 Å². The lowest BCUT2D eigenvalue weighted by Gasteiger charge is -2.02. The topological polar surface area (TPSA) is 98.7 Å². The first kappa shape index (κ1) is 13.4. The van der Waals surface area contributed by atoms with Crippen molar-refractivity contribution in [1.29, 1.82) is 0 Å². The fraction of sp³-hybridized carbons (Fsp3) is 0.273. The summed E-state index contributed by atoms with van der Waals surface area (Å²) in [6.07, 6.45) is 3.16. The maximum atomic E-state index is 11.9. The zero-order chi connectivity index (χ0) is 13.8. The summed E-state index contributed by atoms with van der Waals surface area (Å²) >= 11 is 5.79. The van der Waals surface area contributed by atoms with E-state index >= 15 is 0 Å². The number of aromatic nitrogens is 4. The third kappa shape index (κ3) is 3.49. The molecule has 0 spiro atoms. The molecule has 19 heavy (non-hydrogen) atoms. The number of rotatable bonds is 4. The molecule has 0 fully saturated rings. The number of nitrogens with zero attached hydrogens (tertiary/aromatic N) is 4. The maximum absolute atomic E-state index is 11.9. The molecular weight excluding hydrogens is 268 g/mol. The van der Waals surface area contributed by atoms with Crippen LogP contribution in [0.1, 0.15) is 16.2 Å². The molecular formula is C11H13ClN6O. The largest absolute Gasteiger partial charge is 0.335 e. The summed E-state index contributed by atoms with van der Waals surface area (Å²) in [5.41, 5.74) is 6.36. The van der Waals surface area contributed by atoms with Crippen molar-refractivity contribution in [3.05, 3.63) is 35.1 Å². The third-order valence-electron chi connectivity index (χ3n) is 2.30. The van der Waals surface area contributed by atoms with Gasteiger partial charge in [-0.15, -0.1) is 0 Å². The third-order valence-corrected chi connectivity index (χ3v) is 2.50. The summed E-state index contributed by atoms with van der Waals surface area (Å²) < 4.78 is 1.74. The lowest BCUT2D eigenvalue weighted by atomic mass is 10.4. The van der Waals surface area contributed by atoms with Crippen molar-refractivity contribution in [3.8, 4) is 0 Å². The smallest absolute Gasteiger partial charge is 0.278 e. The van der Waals surface area contributed by atoms with Gasteiger partial charge in [0.25, 0.3) is 5.91 Å². The van der Waals surface area contributed by atoms with Crippen molar-refractivity contribution in [2.45, 2.75) is 13.5 Å². The van der Waals surface area contributed by atoms with Crippen molar-refractivity contribution in [3.63, 3.8) is 0 Å². The molecule has 2 heterocycles. The van der Waals surface area contributed by atoms with Gasteiger partial charge in [-0.05, 0) is 13.0 Å². The van der Waals surface area contributed by atoms with Gasteiger partial charge in [0.15, 0.2) is 0 Å². The van der Waals surface area contributed by atoms with E-state index in [2.05, 4.69) is 20.3 Å². The molecule has 3 N–H and O–H groups in total. The van der Waals surface area contributed by atoms with Gasteiger partial charge < -0.3 is 10.3 Å². The summed E-state index contributed by atoms with van der Waals surface area (Å²) in [6, 6.07) is 1.60.